The molecule has 0 bridgehead atoms. The lowest BCUT2D eigenvalue weighted by Gasteiger charge is -2.49. The zero-order chi connectivity index (χ0) is 35.9. The van der Waals surface area contributed by atoms with Gasteiger partial charge in [-0.2, -0.15) is 0 Å². The van der Waals surface area contributed by atoms with Crippen LogP contribution in [0.4, 0.5) is 0 Å². The predicted octanol–water partition coefficient (Wildman–Crippen LogP) is -0.194. The van der Waals surface area contributed by atoms with Gasteiger partial charge in [-0.05, 0) is 38.4 Å². The van der Waals surface area contributed by atoms with Gasteiger partial charge in [0.15, 0.2) is 24.4 Å². The largest absolute Gasteiger partial charge is 0.479 e. The third kappa shape index (κ3) is 12.8. The predicted molar refractivity (Wildman–Crippen MR) is 164 cm³/mol. The summed E-state index contributed by atoms with van der Waals surface area (Å²) >= 11 is 0. The van der Waals surface area contributed by atoms with Crippen LogP contribution in [0.3, 0.4) is 0 Å². The summed E-state index contributed by atoms with van der Waals surface area (Å²) in [6.45, 7) is 12.2. The molecule has 0 saturated carbocycles. The van der Waals surface area contributed by atoms with Crippen molar-refractivity contribution in [2.45, 2.75) is 88.9 Å². The first kappa shape index (κ1) is 41.4. The van der Waals surface area contributed by atoms with E-state index in [9.17, 15) is 24.0 Å². The van der Waals surface area contributed by atoms with Gasteiger partial charge >= 0.3 is 29.8 Å². The normalized spacial score (nSPS) is 24.1. The van der Waals surface area contributed by atoms with Crippen LogP contribution < -0.4 is 0 Å². The van der Waals surface area contributed by atoms with Gasteiger partial charge in [0, 0.05) is 44.4 Å². The van der Waals surface area contributed by atoms with E-state index in [-0.39, 0.29) is 11.9 Å². The first-order chi connectivity index (χ1) is 22.0. The third-order valence-electron chi connectivity index (χ3n) is 8.14. The maximum atomic E-state index is 12.3. The van der Waals surface area contributed by atoms with Crippen molar-refractivity contribution < 1.29 is 69.6 Å². The minimum absolute atomic E-state index is 0.0975. The van der Waals surface area contributed by atoms with Crippen molar-refractivity contribution in [3.8, 4) is 0 Å². The number of rotatable bonds is 12. The Bertz CT molecular complexity index is 1090. The highest BCUT2D eigenvalue weighted by Crippen LogP contribution is 2.43. The number of carbonyl (C=O) groups excluding carboxylic acids is 1. The lowest BCUT2D eigenvalue weighted by molar-refractivity contribution is -0.179. The fourth-order valence-electron chi connectivity index (χ4n) is 5.35. The summed E-state index contributed by atoms with van der Waals surface area (Å²) in [4.78, 5) is 56.6. The van der Waals surface area contributed by atoms with Gasteiger partial charge in [0.2, 0.25) is 0 Å². The SMILES string of the molecule is CCC(=O)OC1(c2ccccc2)CC(C)N(CCN2CCCCC2)CC1C.O=C(O)[C@@H](O)[C@H](O)C(=O)O.O=C(O)[C@@H](O)[C@H](O)C(=O)O. The second kappa shape index (κ2) is 19.9. The number of piperidine rings is 2. The van der Waals surface area contributed by atoms with Gasteiger partial charge in [0.1, 0.15) is 5.60 Å². The van der Waals surface area contributed by atoms with Crippen LogP contribution in [0.2, 0.25) is 0 Å². The minimum atomic E-state index is -2.27. The Morgan fingerprint density at radius 2 is 1.21 bits per heavy atom. The molecule has 2 fully saturated rings. The Balaban J connectivity index is 0.000000455. The van der Waals surface area contributed by atoms with Crippen LogP contribution in [0.5, 0.6) is 0 Å². The smallest absolute Gasteiger partial charge is 0.335 e. The van der Waals surface area contributed by atoms with Gasteiger partial charge in [0.25, 0.3) is 0 Å². The van der Waals surface area contributed by atoms with Crippen molar-refractivity contribution in [1.29, 1.82) is 0 Å². The minimum Gasteiger partial charge on any atom is -0.479 e. The number of carbonyl (C=O) groups is 5. The highest BCUT2D eigenvalue weighted by molar-refractivity contribution is 5.83. The molecule has 3 unspecified atom stereocenters. The summed E-state index contributed by atoms with van der Waals surface area (Å²) in [6.07, 6.45) is -3.70. The maximum absolute atomic E-state index is 12.3. The third-order valence-corrected chi connectivity index (χ3v) is 8.14. The number of hydrogen-bond donors (Lipinski definition) is 8. The zero-order valence-electron chi connectivity index (χ0n) is 26.8. The molecule has 0 aromatic heterocycles. The molecule has 266 valence electrons. The molecule has 47 heavy (non-hydrogen) atoms. The monoisotopic (exact) mass is 672 g/mol. The molecular weight excluding hydrogens is 624 g/mol. The summed E-state index contributed by atoms with van der Waals surface area (Å²) < 4.78 is 6.16. The number of carboxylic acid groups (broad SMARTS) is 4. The van der Waals surface area contributed by atoms with E-state index in [0.29, 0.717) is 12.5 Å². The number of carboxylic acids is 4. The maximum Gasteiger partial charge on any atom is 0.335 e. The summed E-state index contributed by atoms with van der Waals surface area (Å²) in [5, 5.41) is 65.1. The van der Waals surface area contributed by atoms with Crippen molar-refractivity contribution in [1.82, 2.24) is 9.80 Å². The second-order valence-corrected chi connectivity index (χ2v) is 11.6. The number of nitrogens with zero attached hydrogens (tertiary/aromatic N) is 2. The van der Waals surface area contributed by atoms with E-state index in [1.165, 1.54) is 32.4 Å². The van der Waals surface area contributed by atoms with Crippen LogP contribution in [-0.2, 0) is 34.3 Å². The van der Waals surface area contributed by atoms with Gasteiger partial charge in [-0.15, -0.1) is 0 Å². The number of aliphatic hydroxyl groups is 4. The molecule has 0 amide bonds. The molecule has 2 aliphatic heterocycles. The van der Waals surface area contributed by atoms with Gasteiger partial charge in [0.05, 0.1) is 0 Å². The Morgan fingerprint density at radius 3 is 1.62 bits per heavy atom. The van der Waals surface area contributed by atoms with Crippen LogP contribution in [0, 0.1) is 5.92 Å². The number of benzene rings is 1. The Labute approximate surface area is 272 Å². The van der Waals surface area contributed by atoms with E-state index >= 15 is 0 Å². The highest BCUT2D eigenvalue weighted by Gasteiger charge is 2.47. The van der Waals surface area contributed by atoms with Crippen LogP contribution in [0.1, 0.15) is 58.4 Å². The molecule has 3 rings (SSSR count). The van der Waals surface area contributed by atoms with Crippen LogP contribution in [-0.4, -0.2) is 144 Å². The number of likely N-dealkylation sites (tertiary alicyclic amines) is 2. The molecule has 0 spiro atoms. The lowest BCUT2D eigenvalue weighted by Crippen LogP contribution is -2.56. The molecule has 16 nitrogen and oxygen atoms in total. The van der Waals surface area contributed by atoms with Crippen LogP contribution >= 0.6 is 0 Å². The van der Waals surface area contributed by atoms with Crippen LogP contribution in [0.15, 0.2) is 30.3 Å². The molecule has 16 heteroatoms. The van der Waals surface area contributed by atoms with Crippen molar-refractivity contribution in [3.05, 3.63) is 35.9 Å². The summed E-state index contributed by atoms with van der Waals surface area (Å²) in [6, 6.07) is 10.8. The van der Waals surface area contributed by atoms with Crippen molar-refractivity contribution in [2.75, 3.05) is 32.7 Å². The Morgan fingerprint density at radius 1 is 0.766 bits per heavy atom. The van der Waals surface area contributed by atoms with E-state index in [1.807, 2.05) is 13.0 Å². The average Bonchev–Trinajstić information content (AvgIpc) is 3.05. The molecule has 0 aliphatic carbocycles. The van der Waals surface area contributed by atoms with Gasteiger partial charge in [-0.25, -0.2) is 19.2 Å². The molecule has 1 aromatic rings. The van der Waals surface area contributed by atoms with Crippen molar-refractivity contribution >= 4 is 29.8 Å². The topological polar surface area (TPSA) is 263 Å². The molecule has 2 saturated heterocycles. The number of aliphatic carboxylic acids is 4. The second-order valence-electron chi connectivity index (χ2n) is 11.6. The zero-order valence-corrected chi connectivity index (χ0v) is 26.8. The summed E-state index contributed by atoms with van der Waals surface area (Å²) in [5.74, 6) is -6.90. The van der Waals surface area contributed by atoms with Crippen molar-refractivity contribution in [2.24, 2.45) is 5.92 Å². The standard InChI is InChI=1S/C23H36N2O2.2C4H6O6/c1-4-22(26)27-23(21-11-7-5-8-12-21)17-20(3)25(18-19(23)2)16-15-24-13-9-6-10-14-24;2*5-1(3(7)8)2(6)4(9)10/h5,7-8,11-12,19-20H,4,6,9-10,13-18H2,1-3H3;2*1-2,5-6H,(H,7,8)(H,9,10)/t;2*1-,2-/m.00/s1. The Hall–Kier alpha value is -3.67. The fourth-order valence-corrected chi connectivity index (χ4v) is 5.35. The van der Waals surface area contributed by atoms with E-state index in [2.05, 4.69) is 47.9 Å². The molecule has 7 atom stereocenters. The van der Waals surface area contributed by atoms with Gasteiger partial charge < -0.3 is 50.5 Å². The number of ether oxygens (including phenoxy) is 1. The number of aliphatic hydroxyl groups excluding tert-OH is 4. The molecular formula is C31H48N2O14. The molecule has 8 N–H and O–H groups in total. The van der Waals surface area contributed by atoms with E-state index in [0.717, 1.165) is 31.6 Å². The lowest BCUT2D eigenvalue weighted by atomic mass is 9.74. The van der Waals surface area contributed by atoms with E-state index in [4.69, 9.17) is 45.6 Å². The highest BCUT2D eigenvalue weighted by atomic mass is 16.6. The first-order valence-electron chi connectivity index (χ1n) is 15.4. The fraction of sp³-hybridized carbons (Fsp3) is 0.645. The van der Waals surface area contributed by atoms with E-state index < -0.39 is 53.9 Å². The summed E-state index contributed by atoms with van der Waals surface area (Å²) in [7, 11) is 0. The number of esters is 1. The molecule has 1 aromatic carbocycles. The molecule has 2 aliphatic rings. The van der Waals surface area contributed by atoms with Gasteiger partial charge in [-0.3, -0.25) is 9.69 Å². The quantitative estimate of drug-likeness (QED) is 0.134. The number of hydrogen-bond acceptors (Lipinski definition) is 12. The van der Waals surface area contributed by atoms with E-state index in [1.54, 1.807) is 0 Å². The molecule has 0 radical (unpaired) electrons. The molecule has 2 heterocycles. The van der Waals surface area contributed by atoms with Gasteiger partial charge in [-0.1, -0.05) is 50.6 Å². The first-order valence-corrected chi connectivity index (χ1v) is 15.4. The Kier molecular flexibility index (Phi) is 17.5. The van der Waals surface area contributed by atoms with Crippen LogP contribution in [0.25, 0.3) is 0 Å². The summed E-state index contributed by atoms with van der Waals surface area (Å²) in [5.41, 5.74) is 0.636. The van der Waals surface area contributed by atoms with Crippen molar-refractivity contribution in [3.63, 3.8) is 0 Å². The average molecular weight is 673 g/mol.